The number of rotatable bonds is 7. The second-order valence-corrected chi connectivity index (χ2v) is 5.25. The first-order chi connectivity index (χ1) is 10.1. The highest BCUT2D eigenvalue weighted by molar-refractivity contribution is 5.95. The van der Waals surface area contributed by atoms with Gasteiger partial charge in [-0.25, -0.2) is 0 Å². The maximum atomic E-state index is 11.5. The molecule has 0 saturated heterocycles. The van der Waals surface area contributed by atoms with Crippen molar-refractivity contribution in [2.75, 3.05) is 27.2 Å². The van der Waals surface area contributed by atoms with Crippen LogP contribution in [0.3, 0.4) is 0 Å². The molecule has 0 atom stereocenters. The summed E-state index contributed by atoms with van der Waals surface area (Å²) >= 11 is 0. The fourth-order valence-corrected chi connectivity index (χ4v) is 2.25. The molecule has 1 aromatic carbocycles. The van der Waals surface area contributed by atoms with Crippen LogP contribution < -0.4 is 5.32 Å². The zero-order valence-electron chi connectivity index (χ0n) is 12.8. The van der Waals surface area contributed by atoms with Crippen LogP contribution in [0.5, 0.6) is 0 Å². The summed E-state index contributed by atoms with van der Waals surface area (Å²) < 4.78 is 0. The molecule has 21 heavy (non-hydrogen) atoms. The topological polar surface area (TPSA) is 61.0 Å². The van der Waals surface area contributed by atoms with Crippen LogP contribution in [0.15, 0.2) is 30.5 Å². The lowest BCUT2D eigenvalue weighted by atomic mass is 10.0. The van der Waals surface area contributed by atoms with E-state index in [2.05, 4.69) is 27.5 Å². The van der Waals surface area contributed by atoms with E-state index in [4.69, 9.17) is 0 Å². The van der Waals surface area contributed by atoms with E-state index in [1.54, 1.807) is 6.92 Å². The summed E-state index contributed by atoms with van der Waals surface area (Å²) in [6.07, 6.45) is 1.85. The van der Waals surface area contributed by atoms with Crippen LogP contribution in [0.1, 0.15) is 22.8 Å². The Hall–Kier alpha value is -1.98. The van der Waals surface area contributed by atoms with Crippen LogP contribution in [0, 0.1) is 0 Å². The molecule has 112 valence electrons. The molecule has 2 N–H and O–H groups in total. The van der Waals surface area contributed by atoms with Crippen molar-refractivity contribution in [3.05, 3.63) is 41.6 Å². The maximum Gasteiger partial charge on any atom is 0.159 e. The molecule has 1 heterocycles. The third-order valence-electron chi connectivity index (χ3n) is 3.46. The van der Waals surface area contributed by atoms with Crippen molar-refractivity contribution in [1.29, 1.82) is 0 Å². The van der Waals surface area contributed by atoms with Gasteiger partial charge in [0.25, 0.3) is 0 Å². The predicted molar refractivity (Wildman–Crippen MR) is 84.3 cm³/mol. The first-order valence-electron chi connectivity index (χ1n) is 7.08. The van der Waals surface area contributed by atoms with Gasteiger partial charge in [-0.05, 0) is 27.1 Å². The first kappa shape index (κ1) is 15.4. The van der Waals surface area contributed by atoms with Gasteiger partial charge in [-0.15, -0.1) is 0 Å². The SMILES string of the molecule is CNCCN(C)Cc1cn[nH]c1-c1cccc(C(C)=O)c1. The van der Waals surface area contributed by atoms with Crippen LogP contribution >= 0.6 is 0 Å². The summed E-state index contributed by atoms with van der Waals surface area (Å²) in [6.45, 7) is 4.31. The van der Waals surface area contributed by atoms with Gasteiger partial charge in [0, 0.05) is 36.3 Å². The summed E-state index contributed by atoms with van der Waals surface area (Å²) in [5.74, 6) is 0.0732. The number of nitrogens with one attached hydrogen (secondary N) is 2. The molecule has 0 aliphatic heterocycles. The zero-order valence-corrected chi connectivity index (χ0v) is 12.8. The lowest BCUT2D eigenvalue weighted by Crippen LogP contribution is -2.26. The van der Waals surface area contributed by atoms with Crippen molar-refractivity contribution in [1.82, 2.24) is 20.4 Å². The average Bonchev–Trinajstić information content (AvgIpc) is 2.93. The molecular weight excluding hydrogens is 264 g/mol. The van der Waals surface area contributed by atoms with Gasteiger partial charge in [0.2, 0.25) is 0 Å². The zero-order chi connectivity index (χ0) is 15.2. The van der Waals surface area contributed by atoms with Crippen LogP contribution in [-0.4, -0.2) is 48.1 Å². The van der Waals surface area contributed by atoms with Gasteiger partial charge in [-0.1, -0.05) is 18.2 Å². The maximum absolute atomic E-state index is 11.5. The Morgan fingerprint density at radius 2 is 2.24 bits per heavy atom. The number of aromatic nitrogens is 2. The number of likely N-dealkylation sites (N-methyl/N-ethyl adjacent to an activating group) is 2. The van der Waals surface area contributed by atoms with Gasteiger partial charge in [0.05, 0.1) is 11.9 Å². The molecule has 2 aromatic rings. The second-order valence-electron chi connectivity index (χ2n) is 5.25. The molecule has 0 fully saturated rings. The summed E-state index contributed by atoms with van der Waals surface area (Å²) in [6, 6.07) is 7.65. The Morgan fingerprint density at radius 1 is 1.43 bits per heavy atom. The Balaban J connectivity index is 2.20. The number of nitrogens with zero attached hydrogens (tertiary/aromatic N) is 2. The minimum absolute atomic E-state index is 0.0732. The molecular formula is C16H22N4O. The molecule has 0 radical (unpaired) electrons. The number of carbonyl (C=O) groups is 1. The number of hydrogen-bond acceptors (Lipinski definition) is 4. The molecule has 1 aromatic heterocycles. The summed E-state index contributed by atoms with van der Waals surface area (Å²) in [5, 5.41) is 10.3. The van der Waals surface area contributed by atoms with E-state index >= 15 is 0 Å². The Kier molecular flexibility index (Phi) is 5.25. The first-order valence-corrected chi connectivity index (χ1v) is 7.08. The molecule has 0 aliphatic carbocycles. The lowest BCUT2D eigenvalue weighted by molar-refractivity contribution is 0.101. The highest BCUT2D eigenvalue weighted by Crippen LogP contribution is 2.23. The Labute approximate surface area is 125 Å². The van der Waals surface area contributed by atoms with Crippen molar-refractivity contribution >= 4 is 5.78 Å². The fraction of sp³-hybridized carbons (Fsp3) is 0.375. The third kappa shape index (κ3) is 4.00. The predicted octanol–water partition coefficient (Wildman–Crippen LogP) is 1.93. The fourth-order valence-electron chi connectivity index (χ4n) is 2.25. The van der Waals surface area contributed by atoms with Crippen LogP contribution in [0.2, 0.25) is 0 Å². The van der Waals surface area contributed by atoms with Crippen molar-refractivity contribution in [2.45, 2.75) is 13.5 Å². The van der Waals surface area contributed by atoms with Crippen molar-refractivity contribution in [3.8, 4) is 11.3 Å². The largest absolute Gasteiger partial charge is 0.318 e. The van der Waals surface area contributed by atoms with Gasteiger partial charge in [0.1, 0.15) is 0 Å². The van der Waals surface area contributed by atoms with Crippen molar-refractivity contribution in [3.63, 3.8) is 0 Å². The number of benzene rings is 1. The Bertz CT molecular complexity index is 606. The van der Waals surface area contributed by atoms with E-state index in [1.165, 1.54) is 0 Å². The number of Topliss-reactive ketones (excluding diaryl/α,β-unsaturated/α-hetero) is 1. The molecule has 5 nitrogen and oxygen atoms in total. The van der Waals surface area contributed by atoms with Gasteiger partial charge in [-0.3, -0.25) is 9.89 Å². The van der Waals surface area contributed by atoms with Gasteiger partial charge >= 0.3 is 0 Å². The van der Waals surface area contributed by atoms with Crippen LogP contribution in [0.4, 0.5) is 0 Å². The molecule has 5 heteroatoms. The number of carbonyl (C=O) groups excluding carboxylic acids is 1. The molecule has 0 bridgehead atoms. The third-order valence-corrected chi connectivity index (χ3v) is 3.46. The molecule has 0 saturated carbocycles. The molecule has 0 spiro atoms. The van der Waals surface area contributed by atoms with Gasteiger partial charge in [0.15, 0.2) is 5.78 Å². The van der Waals surface area contributed by atoms with Crippen LogP contribution in [-0.2, 0) is 6.54 Å². The number of hydrogen-bond donors (Lipinski definition) is 2. The summed E-state index contributed by atoms with van der Waals surface area (Å²) in [7, 11) is 4.03. The average molecular weight is 286 g/mol. The molecule has 0 aliphatic rings. The molecule has 0 unspecified atom stereocenters. The normalized spacial score (nSPS) is 11.0. The smallest absolute Gasteiger partial charge is 0.159 e. The highest BCUT2D eigenvalue weighted by atomic mass is 16.1. The monoisotopic (exact) mass is 286 g/mol. The lowest BCUT2D eigenvalue weighted by Gasteiger charge is -2.16. The highest BCUT2D eigenvalue weighted by Gasteiger charge is 2.11. The van der Waals surface area contributed by atoms with Gasteiger partial charge < -0.3 is 10.2 Å². The van der Waals surface area contributed by atoms with Gasteiger partial charge in [-0.2, -0.15) is 5.10 Å². The van der Waals surface area contributed by atoms with E-state index in [0.717, 1.165) is 42.0 Å². The van der Waals surface area contributed by atoms with E-state index in [1.807, 2.05) is 37.5 Å². The molecule has 2 rings (SSSR count). The van der Waals surface area contributed by atoms with Crippen molar-refractivity contribution in [2.24, 2.45) is 0 Å². The van der Waals surface area contributed by atoms with E-state index in [9.17, 15) is 4.79 Å². The minimum atomic E-state index is 0.0732. The second kappa shape index (κ2) is 7.15. The van der Waals surface area contributed by atoms with E-state index in [0.29, 0.717) is 0 Å². The number of H-pyrrole nitrogens is 1. The van der Waals surface area contributed by atoms with E-state index in [-0.39, 0.29) is 5.78 Å². The summed E-state index contributed by atoms with van der Waals surface area (Å²) in [4.78, 5) is 13.7. The van der Waals surface area contributed by atoms with Crippen molar-refractivity contribution < 1.29 is 4.79 Å². The van der Waals surface area contributed by atoms with E-state index < -0.39 is 0 Å². The minimum Gasteiger partial charge on any atom is -0.318 e. The number of aromatic amines is 1. The Morgan fingerprint density at radius 3 is 2.95 bits per heavy atom. The van der Waals surface area contributed by atoms with Crippen LogP contribution in [0.25, 0.3) is 11.3 Å². The standard InChI is InChI=1S/C16H22N4O/c1-12(21)13-5-4-6-14(9-13)16-15(10-18-19-16)11-20(3)8-7-17-2/h4-6,9-10,17H,7-8,11H2,1-3H3,(H,18,19). The summed E-state index contributed by atoms with van der Waals surface area (Å²) in [5.41, 5.74) is 3.83. The number of ketones is 1. The quantitative estimate of drug-likeness (QED) is 0.764. The molecule has 0 amide bonds.